The van der Waals surface area contributed by atoms with E-state index in [0.29, 0.717) is 18.0 Å². The molecule has 0 amide bonds. The highest BCUT2D eigenvalue weighted by atomic mass is 16.7. The highest BCUT2D eigenvalue weighted by molar-refractivity contribution is 6.39. The summed E-state index contributed by atoms with van der Waals surface area (Å²) < 4.78 is 27.2. The molecule has 0 aliphatic heterocycles. The van der Waals surface area contributed by atoms with Gasteiger partial charge in [-0.25, -0.2) is 0 Å². The van der Waals surface area contributed by atoms with E-state index >= 15 is 0 Å². The Labute approximate surface area is 154 Å². The maximum Gasteiger partial charge on any atom is 0.873 e. The van der Waals surface area contributed by atoms with Gasteiger partial charge >= 0.3 is 7.32 Å². The maximum atomic E-state index is 5.73. The standard InChI is InChI=1S/C19H22BNO5/c1-21(2)14-5-15-24-20(25-18-10-6-16(22-3)7-11-18)26-19-12-8-17(23-4)9-13-19/h6-13H,14H2,1-4H3. The predicted octanol–water partition coefficient (Wildman–Crippen LogP) is 2.69. The van der Waals surface area contributed by atoms with Crippen molar-refractivity contribution in [1.82, 2.24) is 4.90 Å². The van der Waals surface area contributed by atoms with E-state index in [-0.39, 0.29) is 0 Å². The van der Waals surface area contributed by atoms with E-state index in [2.05, 4.69) is 12.0 Å². The number of hydrogen-bond donors (Lipinski definition) is 0. The topological polar surface area (TPSA) is 49.4 Å². The molecule has 0 saturated heterocycles. The molecule has 0 N–H and O–H groups in total. The van der Waals surface area contributed by atoms with E-state index in [1.54, 1.807) is 62.8 Å². The van der Waals surface area contributed by atoms with Crippen molar-refractivity contribution in [3.8, 4) is 35.0 Å². The highest BCUT2D eigenvalue weighted by Gasteiger charge is 2.29. The van der Waals surface area contributed by atoms with Crippen LogP contribution < -0.4 is 18.8 Å². The van der Waals surface area contributed by atoms with Crippen molar-refractivity contribution in [2.45, 2.75) is 0 Å². The van der Waals surface area contributed by atoms with Crippen LogP contribution in [0.5, 0.6) is 23.0 Å². The molecule has 0 saturated carbocycles. The van der Waals surface area contributed by atoms with Gasteiger partial charge in [-0.15, -0.1) is 0 Å². The van der Waals surface area contributed by atoms with Gasteiger partial charge in [-0.05, 0) is 68.5 Å². The van der Waals surface area contributed by atoms with Crippen molar-refractivity contribution in [2.24, 2.45) is 0 Å². The molecule has 0 spiro atoms. The van der Waals surface area contributed by atoms with Crippen molar-refractivity contribution in [3.63, 3.8) is 0 Å². The molecular weight excluding hydrogens is 333 g/mol. The molecule has 0 atom stereocenters. The normalized spacial score (nSPS) is 9.73. The molecular formula is C19H22BNO5. The van der Waals surface area contributed by atoms with Crippen molar-refractivity contribution >= 4 is 7.32 Å². The van der Waals surface area contributed by atoms with Crippen LogP contribution in [0.1, 0.15) is 0 Å². The number of benzene rings is 2. The van der Waals surface area contributed by atoms with Gasteiger partial charge in [-0.2, -0.15) is 0 Å². The zero-order chi connectivity index (χ0) is 18.8. The van der Waals surface area contributed by atoms with Gasteiger partial charge in [0, 0.05) is 0 Å². The Balaban J connectivity index is 2.06. The van der Waals surface area contributed by atoms with Crippen molar-refractivity contribution in [2.75, 3.05) is 34.9 Å². The summed E-state index contributed by atoms with van der Waals surface area (Å²) >= 11 is 0. The number of rotatable bonds is 8. The molecule has 7 heteroatoms. The Morgan fingerprint density at radius 2 is 1.19 bits per heavy atom. The smallest absolute Gasteiger partial charge is 0.497 e. The molecule has 6 nitrogen and oxygen atoms in total. The second-order valence-corrected chi connectivity index (χ2v) is 5.51. The minimum absolute atomic E-state index is 0.567. The molecule has 0 bridgehead atoms. The average Bonchev–Trinajstić information content (AvgIpc) is 2.66. The predicted molar refractivity (Wildman–Crippen MR) is 100 cm³/mol. The summed E-state index contributed by atoms with van der Waals surface area (Å²) in [6.45, 7) is 0.567. The SMILES string of the molecule is COc1ccc(OB(OC#CCN(C)C)Oc2ccc(OC)cc2)cc1. The Morgan fingerprint density at radius 1 is 0.769 bits per heavy atom. The molecule has 26 heavy (non-hydrogen) atoms. The van der Waals surface area contributed by atoms with E-state index < -0.39 is 7.32 Å². The molecule has 2 aromatic carbocycles. The van der Waals surface area contributed by atoms with Gasteiger partial charge in [-0.3, -0.25) is 4.90 Å². The van der Waals surface area contributed by atoms with E-state index in [9.17, 15) is 0 Å². The van der Waals surface area contributed by atoms with Crippen molar-refractivity contribution in [1.29, 1.82) is 0 Å². The first-order valence-corrected chi connectivity index (χ1v) is 8.00. The van der Waals surface area contributed by atoms with Gasteiger partial charge in [-0.1, -0.05) is 0 Å². The van der Waals surface area contributed by atoms with Crippen LogP contribution in [0.4, 0.5) is 0 Å². The highest BCUT2D eigenvalue weighted by Crippen LogP contribution is 2.21. The van der Waals surface area contributed by atoms with Crippen LogP contribution in [-0.2, 0) is 4.65 Å². The molecule has 136 valence electrons. The summed E-state index contributed by atoms with van der Waals surface area (Å²) in [5.41, 5.74) is 0. The first kappa shape index (κ1) is 19.4. The second kappa shape index (κ2) is 10.1. The van der Waals surface area contributed by atoms with Crippen LogP contribution in [0.25, 0.3) is 0 Å². The summed E-state index contributed by atoms with van der Waals surface area (Å²) in [4.78, 5) is 1.93. The molecule has 0 radical (unpaired) electrons. The molecule has 0 heterocycles. The van der Waals surface area contributed by atoms with Crippen LogP contribution in [-0.4, -0.2) is 47.1 Å². The average molecular weight is 355 g/mol. The van der Waals surface area contributed by atoms with E-state index in [4.69, 9.17) is 23.4 Å². The van der Waals surface area contributed by atoms with Crippen molar-refractivity contribution in [3.05, 3.63) is 48.5 Å². The lowest BCUT2D eigenvalue weighted by Gasteiger charge is -2.14. The number of nitrogens with zero attached hydrogens (tertiary/aromatic N) is 1. The zero-order valence-corrected chi connectivity index (χ0v) is 15.4. The molecule has 0 fully saturated rings. The Morgan fingerprint density at radius 3 is 1.58 bits per heavy atom. The van der Waals surface area contributed by atoms with Gasteiger partial charge in [0.1, 0.15) is 23.0 Å². The van der Waals surface area contributed by atoms with E-state index in [0.717, 1.165) is 11.5 Å². The van der Waals surface area contributed by atoms with Gasteiger partial charge in [0.15, 0.2) is 0 Å². The van der Waals surface area contributed by atoms with Crippen LogP contribution in [0.3, 0.4) is 0 Å². The third-order valence-corrected chi connectivity index (χ3v) is 3.21. The van der Waals surface area contributed by atoms with E-state index in [1.807, 2.05) is 19.0 Å². The lowest BCUT2D eigenvalue weighted by molar-refractivity contribution is 0.289. The van der Waals surface area contributed by atoms with Crippen LogP contribution >= 0.6 is 0 Å². The van der Waals surface area contributed by atoms with Gasteiger partial charge in [0.25, 0.3) is 0 Å². The lowest BCUT2D eigenvalue weighted by Crippen LogP contribution is -2.32. The molecule has 0 aromatic heterocycles. The Bertz CT molecular complexity index is 673. The summed E-state index contributed by atoms with van der Waals surface area (Å²) in [6, 6.07) is 14.2. The van der Waals surface area contributed by atoms with Gasteiger partial charge in [0.2, 0.25) is 0 Å². The third-order valence-electron chi connectivity index (χ3n) is 3.21. The molecule has 0 unspecified atom stereocenters. The summed E-state index contributed by atoms with van der Waals surface area (Å²) in [5, 5.41) is 0. The fourth-order valence-electron chi connectivity index (χ4n) is 1.88. The minimum Gasteiger partial charge on any atom is -0.497 e. The van der Waals surface area contributed by atoms with Crippen LogP contribution in [0, 0.1) is 12.0 Å². The fourth-order valence-corrected chi connectivity index (χ4v) is 1.88. The van der Waals surface area contributed by atoms with E-state index in [1.165, 1.54) is 0 Å². The third kappa shape index (κ3) is 6.50. The monoisotopic (exact) mass is 355 g/mol. The zero-order valence-electron chi connectivity index (χ0n) is 15.4. The number of ether oxygens (including phenoxy) is 2. The maximum absolute atomic E-state index is 5.73. The second-order valence-electron chi connectivity index (χ2n) is 5.51. The minimum atomic E-state index is -1.02. The molecule has 0 aliphatic rings. The molecule has 0 aliphatic carbocycles. The molecule has 2 aromatic rings. The largest absolute Gasteiger partial charge is 0.873 e. The number of hydrogen-bond acceptors (Lipinski definition) is 6. The van der Waals surface area contributed by atoms with Crippen LogP contribution in [0.2, 0.25) is 0 Å². The van der Waals surface area contributed by atoms with Gasteiger partial charge in [0.05, 0.1) is 26.9 Å². The first-order valence-electron chi connectivity index (χ1n) is 8.00. The fraction of sp³-hybridized carbons (Fsp3) is 0.263. The van der Waals surface area contributed by atoms with Crippen molar-refractivity contribution < 1.29 is 23.4 Å². The lowest BCUT2D eigenvalue weighted by atomic mass is 10.2. The first-order chi connectivity index (χ1) is 12.6. The quantitative estimate of drug-likeness (QED) is 0.536. The summed E-state index contributed by atoms with van der Waals surface area (Å²) in [5.74, 6) is 5.48. The molecule has 2 rings (SSSR count). The van der Waals surface area contributed by atoms with Gasteiger partial charge < -0.3 is 23.4 Å². The Hall–Kier alpha value is -2.98. The van der Waals surface area contributed by atoms with Crippen LogP contribution in [0.15, 0.2) is 48.5 Å². The summed E-state index contributed by atoms with van der Waals surface area (Å²) in [6.07, 6.45) is 2.61. The summed E-state index contributed by atoms with van der Waals surface area (Å²) in [7, 11) is 6.04. The number of methoxy groups -OCH3 is 2. The Kier molecular flexibility index (Phi) is 7.53.